The zero-order valence-corrected chi connectivity index (χ0v) is 19.9. The molecular weight excluding hydrogens is 464 g/mol. The van der Waals surface area contributed by atoms with Crippen LogP contribution in [0.1, 0.15) is 12.5 Å². The molecule has 0 aliphatic rings. The molecule has 0 spiro atoms. The predicted octanol–water partition coefficient (Wildman–Crippen LogP) is 2.98. The molecule has 2 N–H and O–H groups in total. The minimum atomic E-state index is -3.84. The first kappa shape index (κ1) is 24.2. The lowest BCUT2D eigenvalue weighted by Gasteiger charge is -2.28. The standard InChI is InChI=1S/C22H24N4O5S2/c1-16-6-10-20(11-7-16)26(32(3,28)29)17(2)22(27)24-18-8-12-21(13-9-18)33(30,31)25-19-5-4-14-23-15-19/h4-15,17,25H,1-3H3,(H,24,27)/t17-/m1/s1. The maximum Gasteiger partial charge on any atom is 0.261 e. The predicted molar refractivity (Wildman–Crippen MR) is 128 cm³/mol. The van der Waals surface area contributed by atoms with E-state index < -0.39 is 32.0 Å². The number of sulfonamides is 2. The van der Waals surface area contributed by atoms with Gasteiger partial charge >= 0.3 is 0 Å². The number of nitrogens with one attached hydrogen (secondary N) is 2. The molecule has 1 amide bonds. The van der Waals surface area contributed by atoms with Crippen molar-refractivity contribution >= 4 is 43.0 Å². The van der Waals surface area contributed by atoms with Gasteiger partial charge in [-0.15, -0.1) is 0 Å². The third kappa shape index (κ3) is 6.08. The molecule has 3 aromatic rings. The van der Waals surface area contributed by atoms with E-state index in [2.05, 4.69) is 15.0 Å². The van der Waals surface area contributed by atoms with E-state index in [0.717, 1.165) is 16.1 Å². The Bertz CT molecular complexity index is 1330. The number of carbonyl (C=O) groups is 1. The largest absolute Gasteiger partial charge is 0.324 e. The molecule has 0 fully saturated rings. The maximum atomic E-state index is 12.8. The molecule has 0 bridgehead atoms. The highest BCUT2D eigenvalue weighted by atomic mass is 32.2. The highest BCUT2D eigenvalue weighted by Crippen LogP contribution is 2.23. The van der Waals surface area contributed by atoms with E-state index in [-0.39, 0.29) is 4.90 Å². The number of aryl methyl sites for hydroxylation is 1. The summed E-state index contributed by atoms with van der Waals surface area (Å²) in [7, 11) is -7.58. The van der Waals surface area contributed by atoms with Gasteiger partial charge in [0.2, 0.25) is 15.9 Å². The molecule has 0 radical (unpaired) electrons. The average Bonchev–Trinajstić information content (AvgIpc) is 2.75. The number of benzene rings is 2. The average molecular weight is 489 g/mol. The third-order valence-corrected chi connectivity index (χ3v) is 7.36. The second-order valence-corrected chi connectivity index (χ2v) is 11.0. The Hall–Kier alpha value is -3.44. The van der Waals surface area contributed by atoms with Crippen LogP contribution >= 0.6 is 0 Å². The summed E-state index contributed by atoms with van der Waals surface area (Å²) in [6.07, 6.45) is 3.95. The van der Waals surface area contributed by atoms with Crippen molar-refractivity contribution in [3.05, 3.63) is 78.6 Å². The Balaban J connectivity index is 1.76. The summed E-state index contributed by atoms with van der Waals surface area (Å²) in [4.78, 5) is 16.7. The monoisotopic (exact) mass is 488 g/mol. The van der Waals surface area contributed by atoms with Crippen LogP contribution in [-0.4, -0.2) is 40.0 Å². The Kier molecular flexibility index (Phi) is 7.04. The van der Waals surface area contributed by atoms with Crippen LogP contribution in [0.15, 0.2) is 78.0 Å². The van der Waals surface area contributed by atoms with E-state index in [4.69, 9.17) is 0 Å². The fourth-order valence-electron chi connectivity index (χ4n) is 3.10. The molecule has 0 saturated heterocycles. The highest BCUT2D eigenvalue weighted by molar-refractivity contribution is 7.92. The number of rotatable bonds is 8. The van der Waals surface area contributed by atoms with Crippen LogP contribution in [0.25, 0.3) is 0 Å². The van der Waals surface area contributed by atoms with Crippen LogP contribution in [-0.2, 0) is 24.8 Å². The number of pyridine rings is 1. The highest BCUT2D eigenvalue weighted by Gasteiger charge is 2.29. The Labute approximate surface area is 193 Å². The van der Waals surface area contributed by atoms with Crippen molar-refractivity contribution < 1.29 is 21.6 Å². The van der Waals surface area contributed by atoms with Crippen LogP contribution < -0.4 is 14.3 Å². The minimum absolute atomic E-state index is 0.00480. The maximum absolute atomic E-state index is 12.8. The zero-order chi connectivity index (χ0) is 24.2. The smallest absolute Gasteiger partial charge is 0.261 e. The number of hydrogen-bond acceptors (Lipinski definition) is 6. The van der Waals surface area contributed by atoms with Gasteiger partial charge in [0.05, 0.1) is 28.7 Å². The van der Waals surface area contributed by atoms with E-state index in [1.807, 2.05) is 6.92 Å². The molecule has 0 saturated carbocycles. The van der Waals surface area contributed by atoms with Crippen molar-refractivity contribution in [3.63, 3.8) is 0 Å². The lowest BCUT2D eigenvalue weighted by atomic mass is 10.2. The van der Waals surface area contributed by atoms with Gasteiger partial charge in [-0.05, 0) is 62.4 Å². The van der Waals surface area contributed by atoms with E-state index in [9.17, 15) is 21.6 Å². The lowest BCUT2D eigenvalue weighted by Crippen LogP contribution is -2.45. The number of aromatic nitrogens is 1. The number of nitrogens with zero attached hydrogens (tertiary/aromatic N) is 2. The lowest BCUT2D eigenvalue weighted by molar-refractivity contribution is -0.116. The molecule has 0 aliphatic carbocycles. The van der Waals surface area contributed by atoms with Gasteiger partial charge in [0.1, 0.15) is 6.04 Å². The molecule has 1 aromatic heterocycles. The summed E-state index contributed by atoms with van der Waals surface area (Å²) < 4.78 is 53.3. The van der Waals surface area contributed by atoms with Gasteiger partial charge in [-0.25, -0.2) is 16.8 Å². The molecule has 0 aliphatic heterocycles. The van der Waals surface area contributed by atoms with Gasteiger partial charge in [0.15, 0.2) is 0 Å². The van der Waals surface area contributed by atoms with Gasteiger partial charge in [0.25, 0.3) is 10.0 Å². The van der Waals surface area contributed by atoms with Gasteiger partial charge in [-0.1, -0.05) is 17.7 Å². The third-order valence-electron chi connectivity index (χ3n) is 4.72. The van der Waals surface area contributed by atoms with Gasteiger partial charge < -0.3 is 5.32 Å². The molecule has 3 rings (SSSR count). The molecule has 1 atom stereocenters. The summed E-state index contributed by atoms with van der Waals surface area (Å²) in [6, 6.07) is 14.5. The van der Waals surface area contributed by atoms with Gasteiger partial charge in [-0.3, -0.25) is 18.8 Å². The van der Waals surface area contributed by atoms with Crippen LogP contribution in [0.2, 0.25) is 0 Å². The SMILES string of the molecule is Cc1ccc(N([C@H](C)C(=O)Nc2ccc(S(=O)(=O)Nc3cccnc3)cc2)S(C)(=O)=O)cc1. The van der Waals surface area contributed by atoms with Gasteiger partial charge in [-0.2, -0.15) is 0 Å². The molecule has 1 heterocycles. The molecule has 11 heteroatoms. The van der Waals surface area contributed by atoms with Crippen molar-refractivity contribution in [3.8, 4) is 0 Å². The van der Waals surface area contributed by atoms with Crippen LogP contribution in [0, 0.1) is 6.92 Å². The van der Waals surface area contributed by atoms with E-state index in [0.29, 0.717) is 17.1 Å². The fraction of sp³-hybridized carbons (Fsp3) is 0.182. The first-order valence-corrected chi connectivity index (χ1v) is 13.2. The summed E-state index contributed by atoms with van der Waals surface area (Å²) in [6.45, 7) is 3.35. The number of amides is 1. The summed E-state index contributed by atoms with van der Waals surface area (Å²) in [5, 5.41) is 2.63. The van der Waals surface area contributed by atoms with Gasteiger partial charge in [0, 0.05) is 11.9 Å². The van der Waals surface area contributed by atoms with E-state index >= 15 is 0 Å². The summed E-state index contributed by atoms with van der Waals surface area (Å²) >= 11 is 0. The first-order valence-electron chi connectivity index (χ1n) is 9.87. The fourth-order valence-corrected chi connectivity index (χ4v) is 5.32. The van der Waals surface area contributed by atoms with Crippen LogP contribution in [0.3, 0.4) is 0 Å². The number of anilines is 3. The molecule has 9 nitrogen and oxygen atoms in total. The van der Waals surface area contributed by atoms with Crippen LogP contribution in [0.4, 0.5) is 17.1 Å². The normalized spacial score (nSPS) is 12.6. The topological polar surface area (TPSA) is 126 Å². The quantitative estimate of drug-likeness (QED) is 0.502. The van der Waals surface area contributed by atoms with Crippen molar-refractivity contribution in [1.29, 1.82) is 0 Å². The molecule has 174 valence electrons. The zero-order valence-electron chi connectivity index (χ0n) is 18.3. The van der Waals surface area contributed by atoms with Crippen molar-refractivity contribution in [1.82, 2.24) is 4.98 Å². The Morgan fingerprint density at radius 3 is 2.12 bits per heavy atom. The van der Waals surface area contributed by atoms with E-state index in [1.165, 1.54) is 43.6 Å². The molecular formula is C22H24N4O5S2. The molecule has 2 aromatic carbocycles. The van der Waals surface area contributed by atoms with Crippen molar-refractivity contribution in [2.75, 3.05) is 20.6 Å². The first-order chi connectivity index (χ1) is 15.5. The Morgan fingerprint density at radius 1 is 0.939 bits per heavy atom. The second kappa shape index (κ2) is 9.59. The van der Waals surface area contributed by atoms with E-state index in [1.54, 1.807) is 36.4 Å². The van der Waals surface area contributed by atoms with Crippen molar-refractivity contribution in [2.45, 2.75) is 24.8 Å². The number of carbonyl (C=O) groups excluding carboxylic acids is 1. The van der Waals surface area contributed by atoms with Crippen LogP contribution in [0.5, 0.6) is 0 Å². The second-order valence-electron chi connectivity index (χ2n) is 7.43. The minimum Gasteiger partial charge on any atom is -0.324 e. The Morgan fingerprint density at radius 2 is 1.58 bits per heavy atom. The summed E-state index contributed by atoms with van der Waals surface area (Å²) in [5.41, 5.74) is 1.97. The molecule has 0 unspecified atom stereocenters. The van der Waals surface area contributed by atoms with Crippen molar-refractivity contribution in [2.24, 2.45) is 0 Å². The number of hydrogen-bond donors (Lipinski definition) is 2. The summed E-state index contributed by atoms with van der Waals surface area (Å²) in [5.74, 6) is -0.565. The molecule has 33 heavy (non-hydrogen) atoms.